The summed E-state index contributed by atoms with van der Waals surface area (Å²) < 4.78 is 5.41. The summed E-state index contributed by atoms with van der Waals surface area (Å²) >= 11 is 0. The van der Waals surface area contributed by atoms with Gasteiger partial charge in [-0.05, 0) is 42.3 Å². The average Bonchev–Trinajstić information content (AvgIpc) is 3.20. The predicted octanol–water partition coefficient (Wildman–Crippen LogP) is 3.84. The van der Waals surface area contributed by atoms with Crippen molar-refractivity contribution in [1.82, 2.24) is 10.2 Å². The Labute approximate surface area is 171 Å². The Balaban J connectivity index is 1.33. The maximum Gasteiger partial charge on any atom is 0.287 e. The highest BCUT2D eigenvalue weighted by Crippen LogP contribution is 2.18. The lowest BCUT2D eigenvalue weighted by Gasteiger charge is -2.36. The van der Waals surface area contributed by atoms with Crippen LogP contribution in [-0.4, -0.2) is 37.0 Å². The molecule has 2 aromatic carbocycles. The van der Waals surface area contributed by atoms with Gasteiger partial charge in [-0.15, -0.1) is 0 Å². The SMILES string of the molecule is Cc1ccc(C(=O)NCc2ccccc2CN2CCN(c3ccccc3)CC2)o1. The Hall–Kier alpha value is -3.05. The molecule has 0 spiro atoms. The Morgan fingerprint density at radius 3 is 2.28 bits per heavy atom. The molecule has 2 heterocycles. The molecule has 5 heteroatoms. The van der Waals surface area contributed by atoms with Gasteiger partial charge in [0.25, 0.3) is 5.91 Å². The van der Waals surface area contributed by atoms with Crippen LogP contribution in [-0.2, 0) is 13.1 Å². The molecule has 1 saturated heterocycles. The van der Waals surface area contributed by atoms with Crippen molar-refractivity contribution in [3.63, 3.8) is 0 Å². The number of hydrogen-bond acceptors (Lipinski definition) is 4. The van der Waals surface area contributed by atoms with Gasteiger partial charge in [0.2, 0.25) is 0 Å². The van der Waals surface area contributed by atoms with E-state index in [1.165, 1.54) is 11.3 Å². The number of carbonyl (C=O) groups is 1. The van der Waals surface area contributed by atoms with E-state index in [2.05, 4.69) is 63.6 Å². The molecule has 150 valence electrons. The number of nitrogens with one attached hydrogen (secondary N) is 1. The summed E-state index contributed by atoms with van der Waals surface area (Å²) in [6.45, 7) is 7.35. The Bertz CT molecular complexity index is 944. The molecule has 29 heavy (non-hydrogen) atoms. The third kappa shape index (κ3) is 4.87. The first-order chi connectivity index (χ1) is 14.2. The summed E-state index contributed by atoms with van der Waals surface area (Å²) in [6, 6.07) is 22.4. The molecule has 1 N–H and O–H groups in total. The van der Waals surface area contributed by atoms with Gasteiger partial charge < -0.3 is 14.6 Å². The van der Waals surface area contributed by atoms with Gasteiger partial charge >= 0.3 is 0 Å². The summed E-state index contributed by atoms with van der Waals surface area (Å²) in [4.78, 5) is 17.2. The number of aryl methyl sites for hydroxylation is 1. The second-order valence-electron chi connectivity index (χ2n) is 7.46. The number of benzene rings is 2. The lowest BCUT2D eigenvalue weighted by molar-refractivity contribution is 0.0921. The summed E-state index contributed by atoms with van der Waals surface area (Å²) in [6.07, 6.45) is 0. The van der Waals surface area contributed by atoms with E-state index >= 15 is 0 Å². The lowest BCUT2D eigenvalue weighted by Crippen LogP contribution is -2.46. The van der Waals surface area contributed by atoms with Gasteiger partial charge in [0, 0.05) is 45.0 Å². The molecule has 1 amide bonds. The van der Waals surface area contributed by atoms with Gasteiger partial charge in [0.1, 0.15) is 5.76 Å². The first-order valence-electron chi connectivity index (χ1n) is 10.1. The number of para-hydroxylation sites is 1. The number of carbonyl (C=O) groups excluding carboxylic acids is 1. The fraction of sp³-hybridized carbons (Fsp3) is 0.292. The second-order valence-corrected chi connectivity index (χ2v) is 7.46. The second kappa shape index (κ2) is 8.97. The van der Waals surface area contributed by atoms with Crippen LogP contribution in [0.3, 0.4) is 0 Å². The average molecular weight is 389 g/mol. The van der Waals surface area contributed by atoms with Crippen LogP contribution >= 0.6 is 0 Å². The largest absolute Gasteiger partial charge is 0.456 e. The number of amides is 1. The minimum atomic E-state index is -0.177. The Morgan fingerprint density at radius 1 is 0.897 bits per heavy atom. The smallest absolute Gasteiger partial charge is 0.287 e. The van der Waals surface area contributed by atoms with E-state index in [4.69, 9.17) is 4.42 Å². The van der Waals surface area contributed by atoms with Crippen molar-refractivity contribution in [2.45, 2.75) is 20.0 Å². The molecular formula is C24H27N3O2. The van der Waals surface area contributed by atoms with Gasteiger partial charge in [0.05, 0.1) is 0 Å². The molecule has 1 aliphatic heterocycles. The zero-order valence-electron chi connectivity index (χ0n) is 16.8. The van der Waals surface area contributed by atoms with E-state index in [1.54, 1.807) is 12.1 Å². The highest BCUT2D eigenvalue weighted by molar-refractivity contribution is 5.91. The van der Waals surface area contributed by atoms with Crippen LogP contribution in [0.5, 0.6) is 0 Å². The van der Waals surface area contributed by atoms with Gasteiger partial charge in [-0.2, -0.15) is 0 Å². The summed E-state index contributed by atoms with van der Waals surface area (Å²) in [5.41, 5.74) is 3.70. The Kier molecular flexibility index (Phi) is 5.96. The van der Waals surface area contributed by atoms with Gasteiger partial charge in [-0.3, -0.25) is 9.69 Å². The number of furan rings is 1. The summed E-state index contributed by atoms with van der Waals surface area (Å²) in [5, 5.41) is 2.98. The van der Waals surface area contributed by atoms with E-state index in [0.29, 0.717) is 12.3 Å². The fourth-order valence-electron chi connectivity index (χ4n) is 3.75. The quantitative estimate of drug-likeness (QED) is 0.696. The molecule has 3 aromatic rings. The predicted molar refractivity (Wildman–Crippen MR) is 115 cm³/mol. The molecule has 0 atom stereocenters. The van der Waals surface area contributed by atoms with Crippen molar-refractivity contribution < 1.29 is 9.21 Å². The normalized spacial score (nSPS) is 14.7. The molecule has 0 bridgehead atoms. The number of piperazine rings is 1. The van der Waals surface area contributed by atoms with Crippen LogP contribution in [0.15, 0.2) is 71.1 Å². The molecule has 0 unspecified atom stereocenters. The number of nitrogens with zero attached hydrogens (tertiary/aromatic N) is 2. The van der Waals surface area contributed by atoms with Gasteiger partial charge in [-0.25, -0.2) is 0 Å². The van der Waals surface area contributed by atoms with E-state index in [0.717, 1.165) is 44.0 Å². The third-order valence-electron chi connectivity index (χ3n) is 5.41. The van der Waals surface area contributed by atoms with E-state index < -0.39 is 0 Å². The number of hydrogen-bond donors (Lipinski definition) is 1. The van der Waals surface area contributed by atoms with Crippen molar-refractivity contribution in [2.24, 2.45) is 0 Å². The standard InChI is InChI=1S/C24H27N3O2/c1-19-11-12-23(29-19)24(28)25-17-20-7-5-6-8-21(20)18-26-13-15-27(16-14-26)22-9-3-2-4-10-22/h2-12H,13-18H2,1H3,(H,25,28). The van der Waals surface area contributed by atoms with Crippen molar-refractivity contribution in [3.8, 4) is 0 Å². The van der Waals surface area contributed by atoms with Crippen molar-refractivity contribution in [1.29, 1.82) is 0 Å². The van der Waals surface area contributed by atoms with Crippen LogP contribution in [0.25, 0.3) is 0 Å². The molecule has 1 fully saturated rings. The molecule has 4 rings (SSSR count). The van der Waals surface area contributed by atoms with E-state index in [1.807, 2.05) is 13.0 Å². The maximum absolute atomic E-state index is 12.3. The molecule has 1 aliphatic rings. The first-order valence-corrected chi connectivity index (χ1v) is 10.1. The van der Waals surface area contributed by atoms with Crippen LogP contribution in [0, 0.1) is 6.92 Å². The highest BCUT2D eigenvalue weighted by atomic mass is 16.3. The molecule has 0 radical (unpaired) electrons. The van der Waals surface area contributed by atoms with Gasteiger partial charge in [-0.1, -0.05) is 42.5 Å². The molecule has 0 saturated carbocycles. The van der Waals surface area contributed by atoms with E-state index in [-0.39, 0.29) is 5.91 Å². The number of rotatable bonds is 6. The van der Waals surface area contributed by atoms with Crippen LogP contribution in [0.4, 0.5) is 5.69 Å². The summed E-state index contributed by atoms with van der Waals surface area (Å²) in [7, 11) is 0. The molecule has 0 aliphatic carbocycles. The van der Waals surface area contributed by atoms with Gasteiger partial charge in [0.15, 0.2) is 5.76 Å². The van der Waals surface area contributed by atoms with E-state index in [9.17, 15) is 4.79 Å². The highest BCUT2D eigenvalue weighted by Gasteiger charge is 2.18. The molecule has 1 aromatic heterocycles. The minimum Gasteiger partial charge on any atom is -0.456 e. The van der Waals surface area contributed by atoms with Crippen LogP contribution in [0.1, 0.15) is 27.4 Å². The Morgan fingerprint density at radius 2 is 1.59 bits per heavy atom. The number of anilines is 1. The maximum atomic E-state index is 12.3. The van der Waals surface area contributed by atoms with Crippen molar-refractivity contribution in [2.75, 3.05) is 31.1 Å². The zero-order valence-corrected chi connectivity index (χ0v) is 16.8. The van der Waals surface area contributed by atoms with Crippen LogP contribution < -0.4 is 10.2 Å². The zero-order chi connectivity index (χ0) is 20.1. The monoisotopic (exact) mass is 389 g/mol. The lowest BCUT2D eigenvalue weighted by atomic mass is 10.1. The van der Waals surface area contributed by atoms with Crippen molar-refractivity contribution >= 4 is 11.6 Å². The topological polar surface area (TPSA) is 48.7 Å². The molecular weight excluding hydrogens is 362 g/mol. The minimum absolute atomic E-state index is 0.177. The molecule has 5 nitrogen and oxygen atoms in total. The van der Waals surface area contributed by atoms with Crippen LogP contribution in [0.2, 0.25) is 0 Å². The summed E-state index contributed by atoms with van der Waals surface area (Å²) in [5.74, 6) is 0.923. The van der Waals surface area contributed by atoms with Crippen molar-refractivity contribution in [3.05, 3.63) is 89.4 Å². The third-order valence-corrected chi connectivity index (χ3v) is 5.41. The fourth-order valence-corrected chi connectivity index (χ4v) is 3.75. The first kappa shape index (κ1) is 19.3.